The smallest absolute Gasteiger partial charge is 0.166 e. The summed E-state index contributed by atoms with van der Waals surface area (Å²) >= 11 is 92.5. The van der Waals surface area contributed by atoms with E-state index in [-0.39, 0.29) is 189 Å². The SMILES string of the molecule is CC(C)(C)c1ccc(Oc2c(Cl)c(Cl)c3c(c2Cl)-c2nc-3nc3[nH]c(nc4nc(nc5[nH]c(n2)c2c(Cl)c(Cl)c(Oc6ccc(C(C)(C)C)cc6C(C)(C)C)c(Cl)c52)-c2c(Cl)c(Oc5ccc(C(C)(C)C)cc5C(C)(C)C)c(Cl)c(Cl)c2-4)c2c(Cl)c(Cl)c(Oc4ccccc4-c4ccccc4)c(Cl)c32)c(C(C)(C)C)c1. The summed E-state index contributed by atoms with van der Waals surface area (Å²) in [6.45, 7) is 38.1. The van der Waals surface area contributed by atoms with E-state index in [1.807, 2.05) is 84.9 Å². The minimum atomic E-state index is -0.453. The van der Waals surface area contributed by atoms with E-state index in [4.69, 9.17) is 188 Å². The molecule has 3 aromatic heterocycles. The van der Waals surface area contributed by atoms with Crippen LogP contribution in [0.5, 0.6) is 46.0 Å². The lowest BCUT2D eigenvalue weighted by Gasteiger charge is -2.27. The highest BCUT2D eigenvalue weighted by atomic mass is 35.5. The molecular weight excluding hydrogens is 1630 g/mol. The van der Waals surface area contributed by atoms with Crippen molar-refractivity contribution < 1.29 is 18.9 Å². The first-order valence-electron chi connectivity index (χ1n) is 35.3. The third-order valence-corrected chi connectivity index (χ3v) is 24.3. The summed E-state index contributed by atoms with van der Waals surface area (Å²) in [5.74, 6) is 1.35. The van der Waals surface area contributed by atoms with Gasteiger partial charge in [0.2, 0.25) is 0 Å². The number of hydrogen-bond acceptors (Lipinski definition) is 10. The lowest BCUT2D eigenvalue weighted by atomic mass is 9.80. The first-order chi connectivity index (χ1) is 51.3. The van der Waals surface area contributed by atoms with E-state index in [0.29, 0.717) is 23.0 Å². The molecular formula is C86H74Cl12N8O4. The van der Waals surface area contributed by atoms with Crippen LogP contribution in [-0.2, 0) is 32.5 Å². The number of H-pyrrole nitrogens is 2. The van der Waals surface area contributed by atoms with Gasteiger partial charge in [0.25, 0.3) is 0 Å². The van der Waals surface area contributed by atoms with Gasteiger partial charge >= 0.3 is 0 Å². The van der Waals surface area contributed by atoms with Crippen LogP contribution in [0.4, 0.5) is 0 Å². The van der Waals surface area contributed by atoms with E-state index in [1.54, 1.807) is 6.07 Å². The molecule has 14 rings (SSSR count). The van der Waals surface area contributed by atoms with Gasteiger partial charge in [-0.25, -0.2) is 29.9 Å². The predicted octanol–water partition coefficient (Wildman–Crippen LogP) is 31.3. The number of halogens is 12. The van der Waals surface area contributed by atoms with Crippen molar-refractivity contribution in [3.05, 3.63) is 203 Å². The summed E-state index contributed by atoms with van der Waals surface area (Å²) in [6, 6.07) is 35.2. The minimum absolute atomic E-state index is 0.000477. The zero-order chi connectivity index (χ0) is 79.6. The molecule has 110 heavy (non-hydrogen) atoms. The standard InChI is InChI=1S/C86H74Cl12N8O4/c1-81(2,3)38-28-31-46(42(34-38)84(10,11)12)108-70-62(92)54-51(59(89)67(70)97)75-102-77-53-49(57(87)65(95)69(61(53)91)107-45-27-23-22-26-41(45)37-24-20-19-21-25-37)73(100-77)99-74-50-55(63(93)71(66(96)58(50)88)109-47-32-29-39(82(4,5)6)35-43(47)85(13,14)15)79(101-74)106-80-56-52(76(105-80)104-78(54)103-75)60(90)68(98)72(64(56)94)110-48-33-30-40(83(7,8)9)36-44(48)86(16,17)18/h19-36H,1-18H3,(H2,99,100,101,102,103,104,105,106). The van der Waals surface area contributed by atoms with Crippen LogP contribution in [-0.4, -0.2) is 39.9 Å². The van der Waals surface area contributed by atoms with Crippen LogP contribution in [0.15, 0.2) is 109 Å². The number of rotatable bonds is 9. The van der Waals surface area contributed by atoms with Gasteiger partial charge in [-0.3, -0.25) is 0 Å². The molecule has 24 heteroatoms. The van der Waals surface area contributed by atoms with Gasteiger partial charge in [0.1, 0.15) is 65.7 Å². The molecule has 0 saturated carbocycles. The largest absolute Gasteiger partial charge is 0.454 e. The normalized spacial score (nSPS) is 12.8. The van der Waals surface area contributed by atoms with Crippen molar-refractivity contribution in [1.29, 1.82) is 0 Å². The molecule has 0 radical (unpaired) electrons. The van der Waals surface area contributed by atoms with Crippen molar-refractivity contribution in [1.82, 2.24) is 39.9 Å². The van der Waals surface area contributed by atoms with Gasteiger partial charge in [-0.05, 0) is 79.0 Å². The van der Waals surface area contributed by atoms with Crippen molar-refractivity contribution in [2.75, 3.05) is 0 Å². The van der Waals surface area contributed by atoms with Gasteiger partial charge in [-0.15, -0.1) is 0 Å². The molecule has 2 N–H and O–H groups in total. The number of aromatic nitrogens is 8. The highest BCUT2D eigenvalue weighted by Gasteiger charge is 2.38. The number of aromatic amines is 2. The van der Waals surface area contributed by atoms with Gasteiger partial charge in [0.05, 0.1) is 84.0 Å². The van der Waals surface area contributed by atoms with Crippen LogP contribution in [0.1, 0.15) is 158 Å². The Hall–Kier alpha value is -6.98. The van der Waals surface area contributed by atoms with E-state index < -0.39 is 16.2 Å². The Morgan fingerprint density at radius 2 is 0.527 bits per heavy atom. The van der Waals surface area contributed by atoms with Gasteiger partial charge in [-0.1, -0.05) is 349 Å². The fraction of sp³-hybridized carbons (Fsp3) is 0.279. The number of nitrogens with one attached hydrogen (secondary N) is 2. The first-order valence-corrected chi connectivity index (χ1v) is 39.8. The lowest BCUT2D eigenvalue weighted by molar-refractivity contribution is 0.453. The van der Waals surface area contributed by atoms with Gasteiger partial charge in [0.15, 0.2) is 46.3 Å². The van der Waals surface area contributed by atoms with Crippen molar-refractivity contribution in [2.24, 2.45) is 0 Å². The molecule has 9 aromatic carbocycles. The molecule has 12 nitrogen and oxygen atoms in total. The Kier molecular flexibility index (Phi) is 20.7. The van der Waals surface area contributed by atoms with E-state index in [0.717, 1.165) is 44.5 Å². The summed E-state index contributed by atoms with van der Waals surface area (Å²) < 4.78 is 27.8. The van der Waals surface area contributed by atoms with Gasteiger partial charge < -0.3 is 28.9 Å². The van der Waals surface area contributed by atoms with Gasteiger partial charge in [-0.2, -0.15) is 0 Å². The molecule has 2 aliphatic rings. The van der Waals surface area contributed by atoms with E-state index in [9.17, 15) is 0 Å². The van der Waals surface area contributed by atoms with Crippen molar-refractivity contribution in [3.8, 4) is 103 Å². The second kappa shape index (κ2) is 28.5. The van der Waals surface area contributed by atoms with Crippen LogP contribution >= 0.6 is 139 Å². The Bertz CT molecular complexity index is 6090. The molecule has 12 aromatic rings. The van der Waals surface area contributed by atoms with Crippen molar-refractivity contribution in [3.63, 3.8) is 0 Å². The number of benzene rings is 9. The number of para-hydroxylation sites is 1. The van der Waals surface area contributed by atoms with E-state index in [2.05, 4.69) is 153 Å². The second-order valence-corrected chi connectivity index (χ2v) is 38.1. The summed E-state index contributed by atoms with van der Waals surface area (Å²) in [5, 5.41) is -0.218. The molecule has 566 valence electrons. The number of hydrogen-bond donors (Lipinski definition) is 2. The van der Waals surface area contributed by atoms with Crippen molar-refractivity contribution >= 4 is 183 Å². The number of ether oxygens (including phenoxy) is 4. The fourth-order valence-corrected chi connectivity index (χ4v) is 16.9. The van der Waals surface area contributed by atoms with Crippen LogP contribution in [0.2, 0.25) is 60.3 Å². The monoisotopic (exact) mass is 1700 g/mol. The zero-order valence-electron chi connectivity index (χ0n) is 63.2. The predicted molar refractivity (Wildman–Crippen MR) is 460 cm³/mol. The maximum Gasteiger partial charge on any atom is 0.166 e. The first kappa shape index (κ1) is 79.7. The van der Waals surface area contributed by atoms with E-state index in [1.165, 1.54) is 0 Å². The molecule has 0 amide bonds. The zero-order valence-corrected chi connectivity index (χ0v) is 72.3. The maximum atomic E-state index is 7.91. The molecule has 0 unspecified atom stereocenters. The minimum Gasteiger partial charge on any atom is -0.454 e. The lowest BCUT2D eigenvalue weighted by Crippen LogP contribution is -2.17. The Morgan fingerprint density at radius 1 is 0.255 bits per heavy atom. The third-order valence-electron chi connectivity index (χ3n) is 19.5. The molecule has 0 saturated heterocycles. The number of fused-ring (bicyclic) bond motifs is 20. The van der Waals surface area contributed by atoms with Gasteiger partial charge in [0, 0.05) is 22.3 Å². The average molecular weight is 1710 g/mol. The van der Waals surface area contributed by atoms with Crippen LogP contribution < -0.4 is 18.9 Å². The summed E-state index contributed by atoms with van der Waals surface area (Å²) in [5.41, 5.74) is 5.86. The molecule has 0 aliphatic carbocycles. The Balaban J connectivity index is 1.13. The van der Waals surface area contributed by atoms with Crippen molar-refractivity contribution in [2.45, 2.75) is 157 Å². The quantitative estimate of drug-likeness (QED) is 0.134. The third kappa shape index (κ3) is 14.2. The second-order valence-electron chi connectivity index (χ2n) is 33.6. The molecule has 0 spiro atoms. The molecule has 8 bridgehead atoms. The van der Waals surface area contributed by atoms with Crippen LogP contribution in [0.3, 0.4) is 0 Å². The fourth-order valence-electron chi connectivity index (χ4n) is 13.5. The van der Waals surface area contributed by atoms with E-state index >= 15 is 0 Å². The summed E-state index contributed by atoms with van der Waals surface area (Å²) in [4.78, 5) is 38.7. The Labute approximate surface area is 698 Å². The van der Waals surface area contributed by atoms with Crippen LogP contribution in [0.25, 0.3) is 101 Å². The molecule has 0 atom stereocenters. The molecule has 5 heterocycles. The Morgan fingerprint density at radius 3 is 0.845 bits per heavy atom. The topological polar surface area (TPSA) is 146 Å². The summed E-state index contributed by atoms with van der Waals surface area (Å²) in [6.07, 6.45) is 0. The summed E-state index contributed by atoms with van der Waals surface area (Å²) in [7, 11) is 0. The van der Waals surface area contributed by atoms with Crippen LogP contribution in [0, 0.1) is 0 Å². The molecule has 2 aliphatic heterocycles. The number of nitrogens with zero attached hydrogens (tertiary/aromatic N) is 6. The highest BCUT2D eigenvalue weighted by molar-refractivity contribution is 6.53. The molecule has 0 fully saturated rings. The maximum absolute atomic E-state index is 7.91. The highest BCUT2D eigenvalue weighted by Crippen LogP contribution is 2.59. The average Bonchev–Trinajstić information content (AvgIpc) is 1.56.